The molecule has 0 fully saturated rings. The van der Waals surface area contributed by atoms with E-state index in [4.69, 9.17) is 0 Å². The second-order valence-corrected chi connectivity index (χ2v) is 7.96. The van der Waals surface area contributed by atoms with Crippen LogP contribution in [0.5, 0.6) is 0 Å². The quantitative estimate of drug-likeness (QED) is 0.559. The second-order valence-electron chi connectivity index (χ2n) is 7.16. The Bertz CT molecular complexity index is 1400. The first-order valence-electron chi connectivity index (χ1n) is 9.12. The van der Waals surface area contributed by atoms with Gasteiger partial charge in [-0.1, -0.05) is 18.2 Å². The summed E-state index contributed by atoms with van der Waals surface area (Å²) in [5.41, 5.74) is 2.12. The van der Waals surface area contributed by atoms with Gasteiger partial charge >= 0.3 is 11.7 Å². The predicted molar refractivity (Wildman–Crippen MR) is 113 cm³/mol. The molecule has 0 spiro atoms. The van der Waals surface area contributed by atoms with Crippen molar-refractivity contribution >= 4 is 38.5 Å². The number of para-hydroxylation sites is 1. The van der Waals surface area contributed by atoms with E-state index >= 15 is 0 Å². The van der Waals surface area contributed by atoms with Gasteiger partial charge in [-0.15, -0.1) is 0 Å². The van der Waals surface area contributed by atoms with Gasteiger partial charge in [0.2, 0.25) is 0 Å². The van der Waals surface area contributed by atoms with Crippen molar-refractivity contribution in [1.82, 2.24) is 13.5 Å². The first kappa shape index (κ1) is 19.1. The van der Waals surface area contributed by atoms with Crippen molar-refractivity contribution in [3.8, 4) is 0 Å². The van der Waals surface area contributed by atoms with Crippen LogP contribution in [0.4, 0.5) is 0 Å². The lowest BCUT2D eigenvalue weighted by molar-refractivity contribution is -0.140. The Kier molecular flexibility index (Phi) is 4.58. The van der Waals surface area contributed by atoms with E-state index in [1.54, 1.807) is 24.3 Å². The summed E-state index contributed by atoms with van der Waals surface area (Å²) in [7, 11) is 0. The third kappa shape index (κ3) is 3.05. The molecule has 2 aromatic carbocycles. The number of aliphatic carboxylic acids is 1. The van der Waals surface area contributed by atoms with E-state index in [0.717, 1.165) is 31.5 Å². The number of carboxylic acids is 1. The molecule has 0 aliphatic heterocycles. The zero-order valence-corrected chi connectivity index (χ0v) is 17.0. The zero-order valence-electron chi connectivity index (χ0n) is 16.2. The van der Waals surface area contributed by atoms with E-state index in [1.807, 2.05) is 13.8 Å². The van der Waals surface area contributed by atoms with E-state index in [1.165, 1.54) is 23.0 Å². The number of nitrogens with zero attached hydrogens (tertiary/aromatic N) is 3. The summed E-state index contributed by atoms with van der Waals surface area (Å²) < 4.78 is 7.82. The number of rotatable bonds is 4. The molecule has 7 nitrogen and oxygen atoms in total. The van der Waals surface area contributed by atoms with E-state index in [2.05, 4.69) is 16.5 Å². The summed E-state index contributed by atoms with van der Waals surface area (Å²) in [5.74, 6) is -1.24. The molecule has 0 bridgehead atoms. The fraction of sp³-hybridized carbons (Fsp3) is 0.238. The molecule has 0 amide bonds. The molecular weight excluding hydrogens is 390 g/mol. The number of aryl methyl sites for hydroxylation is 2. The fourth-order valence-electron chi connectivity index (χ4n) is 3.72. The van der Waals surface area contributed by atoms with Gasteiger partial charge in [-0.25, -0.2) is 14.2 Å². The average molecular weight is 409 g/mol. The molecule has 0 saturated heterocycles. The van der Waals surface area contributed by atoms with Crippen molar-refractivity contribution in [2.45, 2.75) is 33.4 Å². The normalized spacial score (nSPS) is 12.5. The maximum atomic E-state index is 13.2. The highest BCUT2D eigenvalue weighted by Gasteiger charge is 2.22. The molecule has 2 heterocycles. The first-order valence-corrected chi connectivity index (χ1v) is 9.89. The Morgan fingerprint density at radius 2 is 1.93 bits per heavy atom. The van der Waals surface area contributed by atoms with Crippen molar-refractivity contribution < 1.29 is 9.90 Å². The largest absolute Gasteiger partial charge is 0.480 e. The van der Waals surface area contributed by atoms with Crippen LogP contribution in [0, 0.1) is 13.8 Å². The van der Waals surface area contributed by atoms with Crippen LogP contribution >= 0.6 is 11.5 Å². The number of carboxylic acid groups (broad SMARTS) is 1. The monoisotopic (exact) mass is 409 g/mol. The maximum absolute atomic E-state index is 13.2. The lowest BCUT2D eigenvalue weighted by Gasteiger charge is -2.16. The predicted octanol–water partition coefficient (Wildman–Crippen LogP) is 3.08. The summed E-state index contributed by atoms with van der Waals surface area (Å²) in [4.78, 5) is 37.5. The summed E-state index contributed by atoms with van der Waals surface area (Å²) >= 11 is 1.36. The van der Waals surface area contributed by atoms with Crippen LogP contribution in [0.3, 0.4) is 0 Å². The molecule has 148 valence electrons. The van der Waals surface area contributed by atoms with Gasteiger partial charge < -0.3 is 5.11 Å². The zero-order chi connectivity index (χ0) is 20.9. The average Bonchev–Trinajstić information content (AvgIpc) is 3.07. The third-order valence-corrected chi connectivity index (χ3v) is 5.95. The number of hydrogen-bond donors (Lipinski definition) is 1. The highest BCUT2D eigenvalue weighted by atomic mass is 32.1. The van der Waals surface area contributed by atoms with Crippen LogP contribution in [0.2, 0.25) is 0 Å². The van der Waals surface area contributed by atoms with E-state index in [-0.39, 0.29) is 6.54 Å². The molecule has 0 aliphatic rings. The highest BCUT2D eigenvalue weighted by molar-refractivity contribution is 7.13. The third-order valence-electron chi connectivity index (χ3n) is 5.12. The van der Waals surface area contributed by atoms with Crippen LogP contribution in [-0.2, 0) is 11.3 Å². The Labute approximate surface area is 169 Å². The summed E-state index contributed by atoms with van der Waals surface area (Å²) in [6.07, 6.45) is 0. The fourth-order valence-corrected chi connectivity index (χ4v) is 4.69. The topological polar surface area (TPSA) is 94.2 Å². The molecule has 29 heavy (non-hydrogen) atoms. The minimum atomic E-state index is -1.28. The van der Waals surface area contributed by atoms with Crippen molar-refractivity contribution in [2.24, 2.45) is 0 Å². The standard InChI is InChI=1S/C21H19N3O4S/c1-11-8-12(2)18-15(22-29-17(18)9-11)10-23-16-7-5-4-6-14(16)19(25)24(21(23)28)13(3)20(26)27/h4-9,13H,10H2,1-3H3,(H,26,27)/t13-/m0/s1. The lowest BCUT2D eigenvalue weighted by atomic mass is 10.1. The number of carbonyl (C=O) groups is 1. The maximum Gasteiger partial charge on any atom is 0.332 e. The van der Waals surface area contributed by atoms with E-state index in [0.29, 0.717) is 10.9 Å². The molecule has 1 N–H and O–H groups in total. The second kappa shape index (κ2) is 6.97. The number of hydrogen-bond acceptors (Lipinski definition) is 5. The molecule has 4 aromatic rings. The van der Waals surface area contributed by atoms with Gasteiger partial charge in [-0.05, 0) is 61.6 Å². The minimum absolute atomic E-state index is 0.149. The first-order chi connectivity index (χ1) is 13.8. The highest BCUT2D eigenvalue weighted by Crippen LogP contribution is 2.28. The smallest absolute Gasteiger partial charge is 0.332 e. The van der Waals surface area contributed by atoms with Gasteiger partial charge in [0.1, 0.15) is 6.04 Å². The van der Waals surface area contributed by atoms with E-state index in [9.17, 15) is 19.5 Å². The van der Waals surface area contributed by atoms with Crippen LogP contribution < -0.4 is 11.2 Å². The molecule has 0 unspecified atom stereocenters. The molecular formula is C21H19N3O4S. The SMILES string of the molecule is Cc1cc(C)c2c(Cn3c(=O)n([C@@H](C)C(=O)O)c(=O)c4ccccc43)nsc2c1. The molecule has 1 atom stereocenters. The Hall–Kier alpha value is -3.26. The summed E-state index contributed by atoms with van der Waals surface area (Å²) in [5, 5.41) is 10.7. The van der Waals surface area contributed by atoms with Crippen molar-refractivity contribution in [3.05, 3.63) is 74.1 Å². The van der Waals surface area contributed by atoms with Crippen LogP contribution in [-0.4, -0.2) is 24.6 Å². The van der Waals surface area contributed by atoms with Gasteiger partial charge in [0.15, 0.2) is 0 Å². The van der Waals surface area contributed by atoms with Gasteiger partial charge in [0.05, 0.1) is 27.8 Å². The number of benzene rings is 2. The number of aromatic nitrogens is 3. The summed E-state index contributed by atoms with van der Waals surface area (Å²) in [6, 6.07) is 9.58. The molecule has 0 radical (unpaired) electrons. The van der Waals surface area contributed by atoms with Gasteiger partial charge in [-0.2, -0.15) is 4.37 Å². The molecule has 0 saturated carbocycles. The molecule has 4 rings (SSSR count). The van der Waals surface area contributed by atoms with Gasteiger partial charge in [-0.3, -0.25) is 9.36 Å². The molecule has 0 aliphatic carbocycles. The van der Waals surface area contributed by atoms with Gasteiger partial charge in [0.25, 0.3) is 5.56 Å². The van der Waals surface area contributed by atoms with Crippen LogP contribution in [0.1, 0.15) is 29.8 Å². The Balaban J connectivity index is 2.01. The van der Waals surface area contributed by atoms with Crippen molar-refractivity contribution in [2.75, 3.05) is 0 Å². The Morgan fingerprint density at radius 1 is 1.21 bits per heavy atom. The minimum Gasteiger partial charge on any atom is -0.480 e. The number of fused-ring (bicyclic) bond motifs is 2. The van der Waals surface area contributed by atoms with Crippen molar-refractivity contribution in [3.63, 3.8) is 0 Å². The van der Waals surface area contributed by atoms with E-state index < -0.39 is 23.3 Å². The molecule has 2 aromatic heterocycles. The summed E-state index contributed by atoms with van der Waals surface area (Å²) in [6.45, 7) is 5.50. The Morgan fingerprint density at radius 3 is 2.66 bits per heavy atom. The lowest BCUT2D eigenvalue weighted by Crippen LogP contribution is -2.43. The van der Waals surface area contributed by atoms with Crippen LogP contribution in [0.25, 0.3) is 21.0 Å². The van der Waals surface area contributed by atoms with Crippen molar-refractivity contribution in [1.29, 1.82) is 0 Å². The van der Waals surface area contributed by atoms with Gasteiger partial charge in [0, 0.05) is 5.39 Å². The molecule has 8 heteroatoms. The van der Waals surface area contributed by atoms with Crippen LogP contribution in [0.15, 0.2) is 46.0 Å².